The van der Waals surface area contributed by atoms with E-state index in [9.17, 15) is 24.3 Å². The lowest BCUT2D eigenvalue weighted by molar-refractivity contribution is -0.133. The van der Waals surface area contributed by atoms with Gasteiger partial charge in [-0.1, -0.05) is 66.2 Å². The lowest BCUT2D eigenvalue weighted by Gasteiger charge is -2.32. The number of morpholine rings is 1. The van der Waals surface area contributed by atoms with Crippen molar-refractivity contribution in [1.29, 1.82) is 0 Å². The van der Waals surface area contributed by atoms with Crippen molar-refractivity contribution in [3.8, 4) is 0 Å². The molecule has 1 heterocycles. The third-order valence-corrected chi connectivity index (χ3v) is 8.86. The first-order valence-electron chi connectivity index (χ1n) is 17.5. The molecule has 46 heavy (non-hydrogen) atoms. The maximum absolute atomic E-state index is 13.8. The van der Waals surface area contributed by atoms with Gasteiger partial charge in [-0.05, 0) is 51.4 Å². The van der Waals surface area contributed by atoms with Gasteiger partial charge >= 0.3 is 6.09 Å². The van der Waals surface area contributed by atoms with Crippen LogP contribution in [0.15, 0.2) is 0 Å². The molecule has 0 aromatic heterocycles. The average molecular weight is 654 g/mol. The number of hydrogen-bond donors (Lipinski definition) is 5. The molecule has 0 aromatic carbocycles. The van der Waals surface area contributed by atoms with Gasteiger partial charge in [0.05, 0.1) is 31.8 Å². The van der Waals surface area contributed by atoms with Crippen molar-refractivity contribution >= 4 is 23.8 Å². The molecule has 2 fully saturated rings. The third kappa shape index (κ3) is 15.4. The summed E-state index contributed by atoms with van der Waals surface area (Å²) >= 11 is 0. The molecule has 0 aromatic rings. The van der Waals surface area contributed by atoms with Crippen LogP contribution in [0.2, 0.25) is 0 Å². The van der Waals surface area contributed by atoms with Crippen LogP contribution in [0.3, 0.4) is 0 Å². The fraction of sp³-hybridized carbons (Fsp3) is 0.882. The van der Waals surface area contributed by atoms with E-state index in [1.165, 1.54) is 6.42 Å². The first kappa shape index (κ1) is 39.7. The molecule has 0 radical (unpaired) electrons. The number of aliphatic hydroxyl groups is 1. The van der Waals surface area contributed by atoms with E-state index in [1.54, 1.807) is 20.8 Å². The Morgan fingerprint density at radius 2 is 1.61 bits per heavy atom. The molecule has 4 amide bonds. The highest BCUT2D eigenvalue weighted by atomic mass is 16.6. The normalized spacial score (nSPS) is 19.8. The van der Waals surface area contributed by atoms with Crippen molar-refractivity contribution in [2.75, 3.05) is 39.4 Å². The largest absolute Gasteiger partial charge is 0.444 e. The quantitative estimate of drug-likeness (QED) is 0.160. The smallest absolute Gasteiger partial charge is 0.408 e. The van der Waals surface area contributed by atoms with Gasteiger partial charge in [-0.15, -0.1) is 0 Å². The molecule has 12 nitrogen and oxygen atoms in total. The summed E-state index contributed by atoms with van der Waals surface area (Å²) in [5.74, 6) is -0.929. The van der Waals surface area contributed by atoms with Crippen LogP contribution < -0.4 is 21.3 Å². The molecule has 5 N–H and O–H groups in total. The first-order valence-corrected chi connectivity index (χ1v) is 17.5. The number of rotatable bonds is 17. The van der Waals surface area contributed by atoms with Crippen LogP contribution >= 0.6 is 0 Å². The van der Waals surface area contributed by atoms with E-state index in [4.69, 9.17) is 9.47 Å². The Morgan fingerprint density at radius 1 is 0.957 bits per heavy atom. The predicted octanol–water partition coefficient (Wildman–Crippen LogP) is 3.11. The molecule has 1 saturated carbocycles. The summed E-state index contributed by atoms with van der Waals surface area (Å²) in [5.41, 5.74) is -0.721. The maximum Gasteiger partial charge on any atom is 0.408 e. The van der Waals surface area contributed by atoms with Crippen LogP contribution in [-0.2, 0) is 23.9 Å². The Labute approximate surface area is 276 Å². The lowest BCUT2D eigenvalue weighted by Crippen LogP contribution is -2.58. The van der Waals surface area contributed by atoms with Gasteiger partial charge in [-0.25, -0.2) is 4.79 Å². The van der Waals surface area contributed by atoms with E-state index >= 15 is 0 Å². The number of amides is 4. The summed E-state index contributed by atoms with van der Waals surface area (Å²) in [6, 6.07) is -2.43. The van der Waals surface area contributed by atoms with Gasteiger partial charge in [-0.3, -0.25) is 19.3 Å². The number of hydrogen-bond acceptors (Lipinski definition) is 8. The van der Waals surface area contributed by atoms with Gasteiger partial charge in [0, 0.05) is 26.2 Å². The summed E-state index contributed by atoms with van der Waals surface area (Å²) in [5, 5.41) is 22.6. The molecular weight excluding hydrogens is 590 g/mol. The zero-order valence-electron chi connectivity index (χ0n) is 29.5. The zero-order valence-corrected chi connectivity index (χ0v) is 29.5. The highest BCUT2D eigenvalue weighted by Gasteiger charge is 2.34. The SMILES string of the molecule is CC[C@@H](C)[C@H](NC(=O)[C@H](CC1CCCCC1)NC(=O)OC(C)(C)C)C(=O)N[C@@H](CC(C)C)[C@@H](O)CC(=O)NCCN1CCOCC1. The summed E-state index contributed by atoms with van der Waals surface area (Å²) in [6.07, 6.45) is 4.96. The molecule has 0 unspecified atom stereocenters. The lowest BCUT2D eigenvalue weighted by atomic mass is 9.84. The minimum absolute atomic E-state index is 0.138. The summed E-state index contributed by atoms with van der Waals surface area (Å²) in [6.45, 7) is 17.3. The van der Waals surface area contributed by atoms with Gasteiger partial charge in [-0.2, -0.15) is 0 Å². The highest BCUT2D eigenvalue weighted by Crippen LogP contribution is 2.28. The van der Waals surface area contributed by atoms with Crippen molar-refractivity contribution < 1.29 is 33.8 Å². The second kappa shape index (κ2) is 20.0. The second-order valence-electron chi connectivity index (χ2n) is 14.6. The Hall–Kier alpha value is -2.44. The van der Waals surface area contributed by atoms with Crippen molar-refractivity contribution in [2.24, 2.45) is 17.8 Å². The van der Waals surface area contributed by atoms with E-state index in [1.807, 2.05) is 27.7 Å². The number of alkyl carbamates (subject to hydrolysis) is 1. The van der Waals surface area contributed by atoms with Gasteiger partial charge in [0.1, 0.15) is 17.7 Å². The molecule has 2 aliphatic rings. The van der Waals surface area contributed by atoms with Crippen LogP contribution in [0.4, 0.5) is 4.79 Å². The molecule has 0 bridgehead atoms. The highest BCUT2D eigenvalue weighted by molar-refractivity contribution is 5.91. The first-order chi connectivity index (χ1) is 21.7. The zero-order chi connectivity index (χ0) is 34.3. The molecule has 1 aliphatic heterocycles. The Balaban J connectivity index is 2.08. The molecule has 1 aliphatic carbocycles. The van der Waals surface area contributed by atoms with Gasteiger partial charge in [0.2, 0.25) is 17.7 Å². The van der Waals surface area contributed by atoms with E-state index < -0.39 is 47.7 Å². The number of carbonyl (C=O) groups excluding carboxylic acids is 4. The second-order valence-corrected chi connectivity index (χ2v) is 14.6. The van der Waals surface area contributed by atoms with Crippen LogP contribution in [0.1, 0.15) is 106 Å². The van der Waals surface area contributed by atoms with Crippen LogP contribution in [0.25, 0.3) is 0 Å². The summed E-state index contributed by atoms with van der Waals surface area (Å²) in [4.78, 5) is 55.1. The molecule has 2 rings (SSSR count). The molecule has 5 atom stereocenters. The van der Waals surface area contributed by atoms with Crippen LogP contribution in [0, 0.1) is 17.8 Å². The number of carbonyl (C=O) groups is 4. The molecular formula is C34H63N5O7. The number of nitrogens with one attached hydrogen (secondary N) is 4. The Morgan fingerprint density at radius 3 is 2.20 bits per heavy atom. The molecule has 266 valence electrons. The molecule has 1 saturated heterocycles. The monoisotopic (exact) mass is 653 g/mol. The van der Waals surface area contributed by atoms with Gasteiger partial charge in [0.15, 0.2) is 0 Å². The predicted molar refractivity (Wildman–Crippen MR) is 178 cm³/mol. The minimum atomic E-state index is -1.10. The topological polar surface area (TPSA) is 158 Å². The average Bonchev–Trinajstić information content (AvgIpc) is 2.98. The minimum Gasteiger partial charge on any atom is -0.444 e. The van der Waals surface area contributed by atoms with Crippen molar-refractivity contribution in [3.63, 3.8) is 0 Å². The van der Waals surface area contributed by atoms with E-state index in [0.29, 0.717) is 51.5 Å². The van der Waals surface area contributed by atoms with Gasteiger partial charge in [0.25, 0.3) is 0 Å². The number of nitrogens with zero attached hydrogens (tertiary/aromatic N) is 1. The van der Waals surface area contributed by atoms with Crippen LogP contribution in [0.5, 0.6) is 0 Å². The van der Waals surface area contributed by atoms with Crippen molar-refractivity contribution in [1.82, 2.24) is 26.2 Å². The summed E-state index contributed by atoms with van der Waals surface area (Å²) < 4.78 is 10.8. The summed E-state index contributed by atoms with van der Waals surface area (Å²) in [7, 11) is 0. The van der Waals surface area contributed by atoms with E-state index in [2.05, 4.69) is 26.2 Å². The standard InChI is InChI=1S/C34H63N5O7/c1-8-24(4)30(38-31(42)27(21-25-12-10-9-11-13-25)37-33(44)46-34(5,6)7)32(43)36-26(20-23(2)3)28(40)22-29(41)35-14-15-39-16-18-45-19-17-39/h23-28,30,40H,8-22H2,1-7H3,(H,35,41)(H,36,43)(H,37,44)(H,38,42)/t24-,26+,27+,28+,30+/m1/s1. The number of ether oxygens (including phenoxy) is 2. The maximum atomic E-state index is 13.8. The Bertz CT molecular complexity index is 945. The van der Waals surface area contributed by atoms with Crippen LogP contribution in [-0.4, -0.2) is 103 Å². The number of aliphatic hydroxyl groups excluding tert-OH is 1. The van der Waals surface area contributed by atoms with Crippen molar-refractivity contribution in [2.45, 2.75) is 136 Å². The Kier molecular flexibility index (Phi) is 17.3. The van der Waals surface area contributed by atoms with Gasteiger partial charge < -0.3 is 35.8 Å². The fourth-order valence-corrected chi connectivity index (χ4v) is 6.07. The fourth-order valence-electron chi connectivity index (χ4n) is 6.07. The molecule has 12 heteroatoms. The van der Waals surface area contributed by atoms with E-state index in [-0.39, 0.29) is 24.2 Å². The van der Waals surface area contributed by atoms with Crippen molar-refractivity contribution in [3.05, 3.63) is 0 Å². The third-order valence-electron chi connectivity index (χ3n) is 8.86. The molecule has 0 spiro atoms. The van der Waals surface area contributed by atoms with E-state index in [0.717, 1.165) is 38.8 Å².